The van der Waals surface area contributed by atoms with Gasteiger partial charge >= 0.3 is 0 Å². The Morgan fingerprint density at radius 2 is 1.82 bits per heavy atom. The van der Waals surface area contributed by atoms with Crippen LogP contribution in [0.2, 0.25) is 0 Å². The number of anilines is 1. The lowest BCUT2D eigenvalue weighted by Crippen LogP contribution is -2.53. The van der Waals surface area contributed by atoms with E-state index in [9.17, 15) is 14.4 Å². The van der Waals surface area contributed by atoms with E-state index in [1.165, 1.54) is 7.11 Å². The van der Waals surface area contributed by atoms with Crippen LogP contribution in [0.15, 0.2) is 42.6 Å². The number of aromatic nitrogens is 1. The van der Waals surface area contributed by atoms with Gasteiger partial charge in [0.05, 0.1) is 12.7 Å². The van der Waals surface area contributed by atoms with Crippen LogP contribution in [0.3, 0.4) is 0 Å². The molecule has 8 heteroatoms. The zero-order valence-corrected chi connectivity index (χ0v) is 19.6. The monoisotopic (exact) mass is 452 g/mol. The third-order valence-corrected chi connectivity index (χ3v) is 5.92. The van der Waals surface area contributed by atoms with Crippen LogP contribution in [0.5, 0.6) is 5.75 Å². The van der Waals surface area contributed by atoms with Crippen LogP contribution < -0.4 is 15.4 Å². The SMILES string of the molecule is COc1ccccc1C(=O)NC(C(=O)N1CCC(C(=O)Nc2cc(C)ccn2)CC1)C(C)C. The van der Waals surface area contributed by atoms with E-state index in [0.29, 0.717) is 43.1 Å². The minimum Gasteiger partial charge on any atom is -0.496 e. The van der Waals surface area contributed by atoms with Crippen LogP contribution in [0.25, 0.3) is 0 Å². The molecule has 0 saturated carbocycles. The van der Waals surface area contributed by atoms with Crippen LogP contribution in [0, 0.1) is 18.8 Å². The Bertz CT molecular complexity index is 999. The molecule has 0 aliphatic carbocycles. The lowest BCUT2D eigenvalue weighted by molar-refractivity contribution is -0.137. The van der Waals surface area contributed by atoms with Crippen LogP contribution in [0.4, 0.5) is 5.82 Å². The van der Waals surface area contributed by atoms with Crippen molar-refractivity contribution in [2.45, 2.75) is 39.7 Å². The van der Waals surface area contributed by atoms with Crippen molar-refractivity contribution in [3.05, 3.63) is 53.7 Å². The van der Waals surface area contributed by atoms with Gasteiger partial charge in [0.2, 0.25) is 11.8 Å². The largest absolute Gasteiger partial charge is 0.496 e. The van der Waals surface area contributed by atoms with Crippen molar-refractivity contribution >= 4 is 23.5 Å². The van der Waals surface area contributed by atoms with Crippen molar-refractivity contribution in [2.24, 2.45) is 11.8 Å². The number of methoxy groups -OCH3 is 1. The second-order valence-corrected chi connectivity index (χ2v) is 8.70. The van der Waals surface area contributed by atoms with E-state index >= 15 is 0 Å². The van der Waals surface area contributed by atoms with Gasteiger partial charge in [0.25, 0.3) is 5.91 Å². The Kier molecular flexibility index (Phi) is 8.03. The third-order valence-electron chi connectivity index (χ3n) is 5.92. The Morgan fingerprint density at radius 3 is 2.45 bits per heavy atom. The number of carbonyl (C=O) groups excluding carboxylic acids is 3. The number of amides is 3. The number of piperidine rings is 1. The molecule has 1 aliphatic rings. The Hall–Kier alpha value is -3.42. The highest BCUT2D eigenvalue weighted by atomic mass is 16.5. The van der Waals surface area contributed by atoms with Gasteiger partial charge in [0.1, 0.15) is 17.6 Å². The number of nitrogens with zero attached hydrogens (tertiary/aromatic N) is 2. The molecule has 1 atom stereocenters. The molecular weight excluding hydrogens is 420 g/mol. The van der Waals surface area contributed by atoms with Gasteiger partial charge in [-0.3, -0.25) is 14.4 Å². The summed E-state index contributed by atoms with van der Waals surface area (Å²) in [4.78, 5) is 44.6. The molecule has 3 rings (SSSR count). The fourth-order valence-corrected chi connectivity index (χ4v) is 3.96. The summed E-state index contributed by atoms with van der Waals surface area (Å²) in [7, 11) is 1.51. The minimum atomic E-state index is -0.663. The summed E-state index contributed by atoms with van der Waals surface area (Å²) >= 11 is 0. The van der Waals surface area contributed by atoms with Crippen LogP contribution in [0.1, 0.15) is 42.6 Å². The van der Waals surface area contributed by atoms with E-state index in [1.807, 2.05) is 32.9 Å². The van der Waals surface area contributed by atoms with Gasteiger partial charge < -0.3 is 20.3 Å². The predicted octanol–water partition coefficient (Wildman–Crippen LogP) is 3.03. The Labute approximate surface area is 194 Å². The molecule has 1 saturated heterocycles. The van der Waals surface area contributed by atoms with E-state index in [2.05, 4.69) is 15.6 Å². The first-order valence-corrected chi connectivity index (χ1v) is 11.3. The third kappa shape index (κ3) is 6.09. The number of hydrogen-bond donors (Lipinski definition) is 2. The van der Waals surface area contributed by atoms with Gasteiger partial charge in [0, 0.05) is 25.2 Å². The molecule has 0 bridgehead atoms. The maximum Gasteiger partial charge on any atom is 0.255 e. The molecule has 1 aromatic heterocycles. The molecule has 2 heterocycles. The first kappa shape index (κ1) is 24.2. The lowest BCUT2D eigenvalue weighted by Gasteiger charge is -2.35. The normalized spacial score (nSPS) is 15.1. The fraction of sp³-hybridized carbons (Fsp3) is 0.440. The topological polar surface area (TPSA) is 101 Å². The first-order valence-electron chi connectivity index (χ1n) is 11.3. The number of para-hydroxylation sites is 1. The number of rotatable bonds is 7. The van der Waals surface area contributed by atoms with E-state index in [4.69, 9.17) is 4.74 Å². The van der Waals surface area contributed by atoms with E-state index in [1.54, 1.807) is 35.4 Å². The molecule has 0 spiro atoms. The van der Waals surface area contributed by atoms with Crippen molar-refractivity contribution in [1.82, 2.24) is 15.2 Å². The second kappa shape index (κ2) is 10.9. The molecule has 33 heavy (non-hydrogen) atoms. The molecule has 2 N–H and O–H groups in total. The number of aryl methyl sites for hydroxylation is 1. The zero-order chi connectivity index (χ0) is 24.0. The van der Waals surface area contributed by atoms with Crippen LogP contribution in [-0.4, -0.2) is 53.8 Å². The van der Waals surface area contributed by atoms with Crippen molar-refractivity contribution in [1.29, 1.82) is 0 Å². The molecule has 8 nitrogen and oxygen atoms in total. The lowest BCUT2D eigenvalue weighted by atomic mass is 9.94. The maximum atomic E-state index is 13.2. The number of hydrogen-bond acceptors (Lipinski definition) is 5. The van der Waals surface area contributed by atoms with Crippen molar-refractivity contribution < 1.29 is 19.1 Å². The van der Waals surface area contributed by atoms with Crippen molar-refractivity contribution in [2.75, 3.05) is 25.5 Å². The van der Waals surface area contributed by atoms with E-state index in [-0.39, 0.29) is 29.6 Å². The molecule has 1 fully saturated rings. The summed E-state index contributed by atoms with van der Waals surface area (Å²) in [6, 6.07) is 9.96. The number of benzene rings is 1. The average Bonchev–Trinajstić information content (AvgIpc) is 2.81. The zero-order valence-electron chi connectivity index (χ0n) is 19.6. The van der Waals surface area contributed by atoms with Crippen molar-refractivity contribution in [3.8, 4) is 5.75 Å². The van der Waals surface area contributed by atoms with Gasteiger partial charge in [-0.15, -0.1) is 0 Å². The molecular formula is C25H32N4O4. The summed E-state index contributed by atoms with van der Waals surface area (Å²) < 4.78 is 5.27. The number of nitrogens with one attached hydrogen (secondary N) is 2. The van der Waals surface area contributed by atoms with Gasteiger partial charge in [-0.2, -0.15) is 0 Å². The highest BCUT2D eigenvalue weighted by molar-refractivity contribution is 5.99. The van der Waals surface area contributed by atoms with Crippen LogP contribution >= 0.6 is 0 Å². The Morgan fingerprint density at radius 1 is 1.12 bits per heavy atom. The van der Waals surface area contributed by atoms with Crippen LogP contribution in [-0.2, 0) is 9.59 Å². The molecule has 176 valence electrons. The standard InChI is InChI=1S/C25H32N4O4/c1-16(2)22(28-24(31)19-7-5-6-8-20(19)33-4)25(32)29-13-10-18(11-14-29)23(30)27-21-15-17(3)9-12-26-21/h5-9,12,15-16,18,22H,10-11,13-14H2,1-4H3,(H,28,31)(H,26,27,30). The summed E-state index contributed by atoms with van der Waals surface area (Å²) in [5.74, 6) is 0.163. The van der Waals surface area contributed by atoms with E-state index < -0.39 is 6.04 Å². The predicted molar refractivity (Wildman–Crippen MR) is 126 cm³/mol. The molecule has 0 radical (unpaired) electrons. The molecule has 1 aromatic carbocycles. The first-order chi connectivity index (χ1) is 15.8. The average molecular weight is 453 g/mol. The van der Waals surface area contributed by atoms with Crippen molar-refractivity contribution in [3.63, 3.8) is 0 Å². The number of ether oxygens (including phenoxy) is 1. The minimum absolute atomic E-state index is 0.0786. The number of likely N-dealkylation sites (tertiary alicyclic amines) is 1. The van der Waals surface area contributed by atoms with E-state index in [0.717, 1.165) is 5.56 Å². The van der Waals surface area contributed by atoms with Gasteiger partial charge in [-0.25, -0.2) is 4.98 Å². The quantitative estimate of drug-likeness (QED) is 0.673. The molecule has 1 aliphatic heterocycles. The summed E-state index contributed by atoms with van der Waals surface area (Å²) in [6.07, 6.45) is 2.79. The maximum absolute atomic E-state index is 13.2. The summed E-state index contributed by atoms with van der Waals surface area (Å²) in [5, 5.41) is 5.75. The fourth-order valence-electron chi connectivity index (χ4n) is 3.96. The highest BCUT2D eigenvalue weighted by Gasteiger charge is 2.33. The summed E-state index contributed by atoms with van der Waals surface area (Å²) in [5.41, 5.74) is 1.41. The summed E-state index contributed by atoms with van der Waals surface area (Å²) in [6.45, 7) is 6.68. The molecule has 3 amide bonds. The van der Waals surface area contributed by atoms with Gasteiger partial charge in [-0.1, -0.05) is 26.0 Å². The molecule has 1 unspecified atom stereocenters. The van der Waals surface area contributed by atoms with Gasteiger partial charge in [-0.05, 0) is 55.5 Å². The smallest absolute Gasteiger partial charge is 0.255 e. The Balaban J connectivity index is 1.59. The van der Waals surface area contributed by atoms with Gasteiger partial charge in [0.15, 0.2) is 0 Å². The number of pyridine rings is 1. The molecule has 2 aromatic rings. The highest BCUT2D eigenvalue weighted by Crippen LogP contribution is 2.22. The number of carbonyl (C=O) groups is 3. The second-order valence-electron chi connectivity index (χ2n) is 8.70.